The molecule has 0 heterocycles. The molecule has 0 amide bonds. The van der Waals surface area contributed by atoms with Crippen molar-refractivity contribution < 1.29 is 80.2 Å². The van der Waals surface area contributed by atoms with E-state index in [0.717, 1.165) is 126 Å². The Hall–Kier alpha value is -1.94. The van der Waals surface area contributed by atoms with Crippen molar-refractivity contribution in [2.45, 2.75) is 382 Å². The third-order valence-electron chi connectivity index (χ3n) is 18.3. The Kier molecular flexibility index (Phi) is 61.3. The predicted molar refractivity (Wildman–Crippen MR) is 372 cm³/mol. The number of phosphoric ester groups is 2. The van der Waals surface area contributed by atoms with E-state index in [1.807, 2.05) is 0 Å². The van der Waals surface area contributed by atoms with Gasteiger partial charge in [-0.1, -0.05) is 312 Å². The fourth-order valence-electron chi connectivity index (χ4n) is 10.9. The molecule has 0 bridgehead atoms. The van der Waals surface area contributed by atoms with Crippen LogP contribution in [0.25, 0.3) is 0 Å². The molecule has 0 aromatic carbocycles. The lowest BCUT2D eigenvalue weighted by molar-refractivity contribution is -0.161. The maximum atomic E-state index is 13.0. The number of hydrogen-bond donors (Lipinski definition) is 3. The van der Waals surface area contributed by atoms with Crippen LogP contribution in [-0.2, 0) is 65.4 Å². The zero-order chi connectivity index (χ0) is 68.2. The van der Waals surface area contributed by atoms with Crippen molar-refractivity contribution in [3.8, 4) is 0 Å². The first-order valence-corrected chi connectivity index (χ1v) is 40.8. The molecule has 0 saturated carbocycles. The summed E-state index contributed by atoms with van der Waals surface area (Å²) < 4.78 is 68.3. The first kappa shape index (κ1) is 90.1. The zero-order valence-corrected chi connectivity index (χ0v) is 62.0. The molecule has 0 aromatic heterocycles. The van der Waals surface area contributed by atoms with Gasteiger partial charge in [0.15, 0.2) is 12.2 Å². The molecule has 0 aliphatic heterocycles. The predicted octanol–water partition coefficient (Wildman–Crippen LogP) is 20.9. The molecule has 3 N–H and O–H groups in total. The lowest BCUT2D eigenvalue weighted by atomic mass is 9.99. The quantitative estimate of drug-likeness (QED) is 0.0222. The van der Waals surface area contributed by atoms with Crippen LogP contribution in [0.5, 0.6) is 0 Å². The first-order valence-electron chi connectivity index (χ1n) is 37.9. The number of carbonyl (C=O) groups excluding carboxylic acids is 4. The van der Waals surface area contributed by atoms with Crippen LogP contribution in [0.3, 0.4) is 0 Å². The summed E-state index contributed by atoms with van der Waals surface area (Å²) in [6.07, 6.45) is 46.1. The number of ether oxygens (including phenoxy) is 4. The Morgan fingerprint density at radius 1 is 0.293 bits per heavy atom. The largest absolute Gasteiger partial charge is 0.472 e. The summed E-state index contributed by atoms with van der Waals surface area (Å²) >= 11 is 0. The fourth-order valence-corrected chi connectivity index (χ4v) is 12.5. The number of phosphoric acid groups is 2. The molecule has 546 valence electrons. The average molecular weight is 1350 g/mol. The van der Waals surface area contributed by atoms with Gasteiger partial charge in [0.25, 0.3) is 0 Å². The normalized spacial score (nSPS) is 15.4. The van der Waals surface area contributed by atoms with Gasteiger partial charge in [-0.15, -0.1) is 0 Å². The van der Waals surface area contributed by atoms with E-state index in [0.29, 0.717) is 25.7 Å². The summed E-state index contributed by atoms with van der Waals surface area (Å²) in [4.78, 5) is 72.6. The van der Waals surface area contributed by atoms with E-state index in [1.54, 1.807) is 0 Å². The third kappa shape index (κ3) is 61.6. The number of carbonyl (C=O) groups is 4. The molecule has 17 nitrogen and oxygen atoms in total. The number of aliphatic hydroxyl groups excluding tert-OH is 1. The van der Waals surface area contributed by atoms with Gasteiger partial charge in [-0.25, -0.2) is 9.13 Å². The maximum Gasteiger partial charge on any atom is 0.472 e. The molecule has 0 spiro atoms. The van der Waals surface area contributed by atoms with Crippen LogP contribution in [0.15, 0.2) is 0 Å². The van der Waals surface area contributed by atoms with E-state index in [1.165, 1.54) is 154 Å². The number of hydrogen-bond acceptors (Lipinski definition) is 15. The highest BCUT2D eigenvalue weighted by atomic mass is 31.2. The van der Waals surface area contributed by atoms with Crippen LogP contribution < -0.4 is 0 Å². The molecular formula is C73H142O17P2. The molecular weight excluding hydrogens is 1210 g/mol. The van der Waals surface area contributed by atoms with Gasteiger partial charge in [0.1, 0.15) is 19.3 Å². The maximum absolute atomic E-state index is 13.0. The molecule has 92 heavy (non-hydrogen) atoms. The minimum Gasteiger partial charge on any atom is -0.462 e. The van der Waals surface area contributed by atoms with Crippen molar-refractivity contribution in [3.05, 3.63) is 0 Å². The Bertz CT molecular complexity index is 1820. The van der Waals surface area contributed by atoms with Crippen molar-refractivity contribution in [1.82, 2.24) is 0 Å². The Morgan fingerprint density at radius 2 is 0.489 bits per heavy atom. The first-order chi connectivity index (χ1) is 44.2. The molecule has 0 fully saturated rings. The third-order valence-corrected chi connectivity index (χ3v) is 20.2. The molecule has 0 radical (unpaired) electrons. The Morgan fingerprint density at radius 3 is 0.717 bits per heavy atom. The second-order valence-corrected chi connectivity index (χ2v) is 30.2. The Balaban J connectivity index is 5.16. The topological polar surface area (TPSA) is 237 Å². The van der Waals surface area contributed by atoms with Crippen LogP contribution in [0.4, 0.5) is 0 Å². The summed E-state index contributed by atoms with van der Waals surface area (Å²) in [5.74, 6) is 0.921. The molecule has 19 heteroatoms. The standard InChI is InChI=1S/C73H142O17P2/c1-9-63(5)49-41-33-25-23-21-19-17-15-13-14-16-18-20-22-24-26-39-47-55-72(77)89-68(59-83-70(75)53-45-37-30-27-34-42-50-64(6)10-2)61-87-91(79,80)85-57-67(74)58-86-92(81,82)88-62-69(90-73(78)56-48-40-32-29-36-44-52-66(8)12-4)60-84-71(76)54-46-38-31-28-35-43-51-65(7)11-3/h63-69,74H,9-62H2,1-8H3,(H,79,80)(H,81,82)/t63?,64?,65?,66?,67-,68-,69-/m1/s1. The summed E-state index contributed by atoms with van der Waals surface area (Å²) in [5.41, 5.74) is 0. The van der Waals surface area contributed by atoms with E-state index in [-0.39, 0.29) is 25.7 Å². The lowest BCUT2D eigenvalue weighted by Crippen LogP contribution is -2.30. The van der Waals surface area contributed by atoms with E-state index in [9.17, 15) is 43.2 Å². The highest BCUT2D eigenvalue weighted by molar-refractivity contribution is 7.47. The molecule has 0 aromatic rings. The van der Waals surface area contributed by atoms with Crippen molar-refractivity contribution in [3.63, 3.8) is 0 Å². The van der Waals surface area contributed by atoms with Gasteiger partial charge in [0.2, 0.25) is 0 Å². The minimum absolute atomic E-state index is 0.102. The second kappa shape index (κ2) is 62.6. The Labute approximate surface area is 562 Å². The van der Waals surface area contributed by atoms with Gasteiger partial charge in [0, 0.05) is 25.7 Å². The van der Waals surface area contributed by atoms with Crippen LogP contribution in [0.1, 0.15) is 364 Å². The summed E-state index contributed by atoms with van der Waals surface area (Å²) in [6, 6.07) is 0. The average Bonchev–Trinajstić information content (AvgIpc) is 2.47. The van der Waals surface area contributed by atoms with Crippen LogP contribution in [0, 0.1) is 23.7 Å². The van der Waals surface area contributed by atoms with Crippen molar-refractivity contribution in [2.75, 3.05) is 39.6 Å². The second-order valence-electron chi connectivity index (χ2n) is 27.3. The van der Waals surface area contributed by atoms with Gasteiger partial charge in [-0.05, 0) is 49.4 Å². The van der Waals surface area contributed by atoms with Gasteiger partial charge < -0.3 is 33.8 Å². The van der Waals surface area contributed by atoms with Gasteiger partial charge in [-0.2, -0.15) is 0 Å². The van der Waals surface area contributed by atoms with Crippen molar-refractivity contribution >= 4 is 39.5 Å². The molecule has 0 rings (SSSR count). The van der Waals surface area contributed by atoms with E-state index in [2.05, 4.69) is 55.4 Å². The summed E-state index contributed by atoms with van der Waals surface area (Å²) in [7, 11) is -9.90. The lowest BCUT2D eigenvalue weighted by Gasteiger charge is -2.21. The number of rotatable bonds is 70. The SMILES string of the molecule is CCC(C)CCCCCCCCCCCCCCCCCCCCC(=O)O[C@H](COC(=O)CCCCCCCCC(C)CC)COP(=O)(O)OC[C@@H](O)COP(=O)(O)OC[C@@H](COC(=O)CCCCCCCCC(C)CC)OC(=O)CCCCCCCCC(C)CC. The van der Waals surface area contributed by atoms with Crippen molar-refractivity contribution in [1.29, 1.82) is 0 Å². The zero-order valence-electron chi connectivity index (χ0n) is 60.2. The van der Waals surface area contributed by atoms with Gasteiger partial charge in [0.05, 0.1) is 26.4 Å². The highest BCUT2D eigenvalue weighted by Gasteiger charge is 2.30. The van der Waals surface area contributed by atoms with E-state index < -0.39 is 97.5 Å². The van der Waals surface area contributed by atoms with E-state index >= 15 is 0 Å². The summed E-state index contributed by atoms with van der Waals surface area (Å²) in [5, 5.41) is 10.6. The minimum atomic E-state index is -4.95. The molecule has 0 aliphatic carbocycles. The molecule has 9 atom stereocenters. The number of aliphatic hydroxyl groups is 1. The van der Waals surface area contributed by atoms with Gasteiger partial charge >= 0.3 is 39.5 Å². The highest BCUT2D eigenvalue weighted by Crippen LogP contribution is 2.45. The fraction of sp³-hybridized carbons (Fsp3) is 0.945. The van der Waals surface area contributed by atoms with E-state index in [4.69, 9.17) is 37.0 Å². The molecule has 0 aliphatic rings. The number of esters is 4. The van der Waals surface area contributed by atoms with Gasteiger partial charge in [-0.3, -0.25) is 37.3 Å². The van der Waals surface area contributed by atoms with Crippen molar-refractivity contribution in [2.24, 2.45) is 23.7 Å². The van der Waals surface area contributed by atoms with Crippen LogP contribution >= 0.6 is 15.6 Å². The van der Waals surface area contributed by atoms with Crippen LogP contribution in [-0.4, -0.2) is 96.7 Å². The molecule has 0 saturated heterocycles. The number of unbranched alkanes of at least 4 members (excludes halogenated alkanes) is 32. The monoisotopic (exact) mass is 1350 g/mol. The smallest absolute Gasteiger partial charge is 0.462 e. The van der Waals surface area contributed by atoms with Crippen LogP contribution in [0.2, 0.25) is 0 Å². The molecule has 6 unspecified atom stereocenters. The summed E-state index contributed by atoms with van der Waals surface area (Å²) in [6.45, 7) is 14.1.